The Morgan fingerprint density at radius 1 is 0.730 bits per heavy atom. The van der Waals surface area contributed by atoms with Crippen LogP contribution in [0.15, 0.2) is 48.5 Å². The van der Waals surface area contributed by atoms with Crippen LogP contribution in [0.3, 0.4) is 0 Å². The molecule has 0 bridgehead atoms. The maximum atomic E-state index is 11.2. The van der Waals surface area contributed by atoms with Crippen LogP contribution >= 0.6 is 0 Å². The van der Waals surface area contributed by atoms with Crippen molar-refractivity contribution in [3.63, 3.8) is 0 Å². The Kier molecular flexibility index (Phi) is 8.31. The first-order chi connectivity index (χ1) is 18.0. The summed E-state index contributed by atoms with van der Waals surface area (Å²) in [6.45, 7) is 1.13. The zero-order valence-corrected chi connectivity index (χ0v) is 22.2. The lowest BCUT2D eigenvalue weighted by atomic mass is 9.86. The molecule has 1 N–H and O–H groups in total. The second kappa shape index (κ2) is 11.6. The molecular formula is C29H35NO7. The van der Waals surface area contributed by atoms with E-state index in [2.05, 4.69) is 4.90 Å². The Labute approximate surface area is 218 Å². The molecule has 3 aromatic carbocycles. The average Bonchev–Trinajstić information content (AvgIpc) is 2.95. The monoisotopic (exact) mass is 509 g/mol. The summed E-state index contributed by atoms with van der Waals surface area (Å²) in [4.78, 5) is 2.26. The highest BCUT2D eigenvalue weighted by molar-refractivity contribution is 5.60. The Morgan fingerprint density at radius 3 is 1.97 bits per heavy atom. The highest BCUT2D eigenvalue weighted by Gasteiger charge is 2.35. The Morgan fingerprint density at radius 2 is 1.38 bits per heavy atom. The minimum atomic E-state index is -0.707. The van der Waals surface area contributed by atoms with Crippen LogP contribution in [0.1, 0.15) is 34.4 Å². The summed E-state index contributed by atoms with van der Waals surface area (Å²) in [5, 5.41) is 11.2. The molecule has 8 nitrogen and oxygen atoms in total. The third-order valence-electron chi connectivity index (χ3n) is 6.91. The quantitative estimate of drug-likeness (QED) is 0.430. The summed E-state index contributed by atoms with van der Waals surface area (Å²) in [5.41, 5.74) is 3.92. The Hall–Kier alpha value is -3.62. The SMILES string of the molecule is COc1ccc(C(O)CN2CCc3cc(OC)c(OC)cc3C2c2ccc(OC)c(OC)c2OC)cc1. The Balaban J connectivity index is 1.83. The number of benzene rings is 3. The fourth-order valence-electron chi connectivity index (χ4n) is 5.05. The van der Waals surface area contributed by atoms with E-state index < -0.39 is 6.10 Å². The lowest BCUT2D eigenvalue weighted by molar-refractivity contribution is 0.0911. The van der Waals surface area contributed by atoms with Crippen molar-refractivity contribution in [2.45, 2.75) is 18.6 Å². The van der Waals surface area contributed by atoms with E-state index in [-0.39, 0.29) is 6.04 Å². The summed E-state index contributed by atoms with van der Waals surface area (Å²) >= 11 is 0. The van der Waals surface area contributed by atoms with Gasteiger partial charge in [-0.15, -0.1) is 0 Å². The van der Waals surface area contributed by atoms with E-state index >= 15 is 0 Å². The van der Waals surface area contributed by atoms with E-state index in [0.29, 0.717) is 35.3 Å². The molecular weight excluding hydrogens is 474 g/mol. The first-order valence-electron chi connectivity index (χ1n) is 12.1. The van der Waals surface area contributed by atoms with Gasteiger partial charge in [0.15, 0.2) is 23.0 Å². The van der Waals surface area contributed by atoms with Crippen LogP contribution in [0.5, 0.6) is 34.5 Å². The van der Waals surface area contributed by atoms with E-state index in [4.69, 9.17) is 28.4 Å². The first kappa shape index (κ1) is 26.4. The standard InChI is InChI=1S/C29H35NO7/c1-32-20-9-7-18(8-10-20)23(31)17-30-14-13-19-15-25(34-3)26(35-4)16-22(19)27(30)21-11-12-24(33-2)29(37-6)28(21)36-5/h7-12,15-16,23,27,31H,13-14,17H2,1-6H3. The lowest BCUT2D eigenvalue weighted by Gasteiger charge is -2.39. The van der Waals surface area contributed by atoms with Gasteiger partial charge in [-0.05, 0) is 59.5 Å². The molecule has 1 heterocycles. The molecule has 1 aliphatic rings. The van der Waals surface area contributed by atoms with Crippen molar-refractivity contribution in [1.82, 2.24) is 4.90 Å². The predicted octanol–water partition coefficient (Wildman–Crippen LogP) is 4.42. The molecule has 0 aliphatic carbocycles. The summed E-state index contributed by atoms with van der Waals surface area (Å²) in [7, 11) is 9.71. The second-order valence-electron chi connectivity index (χ2n) is 8.77. The Bertz CT molecular complexity index is 1210. The molecule has 0 saturated carbocycles. The van der Waals surface area contributed by atoms with Gasteiger partial charge in [-0.3, -0.25) is 4.90 Å². The first-order valence-corrected chi connectivity index (χ1v) is 12.1. The van der Waals surface area contributed by atoms with Gasteiger partial charge in [-0.25, -0.2) is 0 Å². The molecule has 0 saturated heterocycles. The van der Waals surface area contributed by atoms with E-state index in [1.807, 2.05) is 48.5 Å². The second-order valence-corrected chi connectivity index (χ2v) is 8.77. The smallest absolute Gasteiger partial charge is 0.203 e. The minimum Gasteiger partial charge on any atom is -0.497 e. The van der Waals surface area contributed by atoms with E-state index in [9.17, 15) is 5.11 Å². The van der Waals surface area contributed by atoms with Gasteiger partial charge in [0.25, 0.3) is 0 Å². The lowest BCUT2D eigenvalue weighted by Crippen LogP contribution is -2.39. The maximum absolute atomic E-state index is 11.2. The molecule has 3 aromatic rings. The molecule has 1 aliphatic heterocycles. The van der Waals surface area contributed by atoms with Crippen LogP contribution in [0.25, 0.3) is 0 Å². The minimum absolute atomic E-state index is 0.244. The number of hydrogen-bond donors (Lipinski definition) is 1. The van der Waals surface area contributed by atoms with E-state index in [1.165, 1.54) is 0 Å². The topological polar surface area (TPSA) is 78.9 Å². The zero-order valence-electron chi connectivity index (χ0n) is 22.2. The summed E-state index contributed by atoms with van der Waals surface area (Å²) < 4.78 is 33.6. The number of methoxy groups -OCH3 is 6. The van der Waals surface area contributed by atoms with Crippen molar-refractivity contribution in [3.05, 3.63) is 70.8 Å². The molecule has 0 spiro atoms. The number of hydrogen-bond acceptors (Lipinski definition) is 8. The van der Waals surface area contributed by atoms with Gasteiger partial charge < -0.3 is 33.5 Å². The van der Waals surface area contributed by atoms with Crippen LogP contribution in [-0.2, 0) is 6.42 Å². The van der Waals surface area contributed by atoms with Crippen molar-refractivity contribution in [2.24, 2.45) is 0 Å². The predicted molar refractivity (Wildman–Crippen MR) is 141 cm³/mol. The van der Waals surface area contributed by atoms with Crippen LogP contribution in [0.4, 0.5) is 0 Å². The van der Waals surface area contributed by atoms with Crippen LogP contribution < -0.4 is 28.4 Å². The van der Waals surface area contributed by atoms with Crippen molar-refractivity contribution in [2.75, 3.05) is 55.7 Å². The van der Waals surface area contributed by atoms with Crippen LogP contribution in [-0.4, -0.2) is 65.8 Å². The molecule has 8 heteroatoms. The van der Waals surface area contributed by atoms with Gasteiger partial charge >= 0.3 is 0 Å². The molecule has 198 valence electrons. The summed E-state index contributed by atoms with van der Waals surface area (Å²) in [6.07, 6.45) is 0.0816. The molecule has 2 atom stereocenters. The molecule has 0 amide bonds. The average molecular weight is 510 g/mol. The van der Waals surface area contributed by atoms with E-state index in [1.54, 1.807) is 42.7 Å². The third kappa shape index (κ3) is 5.12. The van der Waals surface area contributed by atoms with Gasteiger partial charge in [-0.1, -0.05) is 12.1 Å². The van der Waals surface area contributed by atoms with Crippen LogP contribution in [0.2, 0.25) is 0 Å². The number of ether oxygens (including phenoxy) is 6. The van der Waals surface area contributed by atoms with Gasteiger partial charge in [0.2, 0.25) is 5.75 Å². The molecule has 0 radical (unpaired) electrons. The van der Waals surface area contributed by atoms with Crippen molar-refractivity contribution < 1.29 is 33.5 Å². The van der Waals surface area contributed by atoms with Crippen molar-refractivity contribution in [3.8, 4) is 34.5 Å². The van der Waals surface area contributed by atoms with Crippen molar-refractivity contribution >= 4 is 0 Å². The number of nitrogens with zero attached hydrogens (tertiary/aromatic N) is 1. The van der Waals surface area contributed by atoms with Gasteiger partial charge in [0.05, 0.1) is 54.8 Å². The molecule has 2 unspecified atom stereocenters. The highest BCUT2D eigenvalue weighted by atomic mass is 16.5. The molecule has 37 heavy (non-hydrogen) atoms. The molecule has 0 fully saturated rings. The molecule has 0 aromatic heterocycles. The number of aliphatic hydroxyl groups excluding tert-OH is 1. The van der Waals surface area contributed by atoms with E-state index in [0.717, 1.165) is 41.0 Å². The maximum Gasteiger partial charge on any atom is 0.203 e. The third-order valence-corrected chi connectivity index (χ3v) is 6.91. The van der Waals surface area contributed by atoms with Gasteiger partial charge in [0.1, 0.15) is 5.75 Å². The number of β-amino-alcohol motifs (C(OH)–C–C–N with tert-alkyl or cyclic N) is 1. The number of fused-ring (bicyclic) bond motifs is 1. The fraction of sp³-hybridized carbons (Fsp3) is 0.379. The number of rotatable bonds is 10. The highest BCUT2D eigenvalue weighted by Crippen LogP contribution is 2.48. The van der Waals surface area contributed by atoms with Gasteiger partial charge in [-0.2, -0.15) is 0 Å². The zero-order chi connectivity index (χ0) is 26.5. The van der Waals surface area contributed by atoms with Crippen LogP contribution in [0, 0.1) is 0 Å². The largest absolute Gasteiger partial charge is 0.497 e. The number of aliphatic hydroxyl groups is 1. The molecule has 4 rings (SSSR count). The van der Waals surface area contributed by atoms with Gasteiger partial charge in [0, 0.05) is 18.7 Å². The summed E-state index contributed by atoms with van der Waals surface area (Å²) in [6, 6.07) is 15.2. The van der Waals surface area contributed by atoms with Crippen molar-refractivity contribution in [1.29, 1.82) is 0 Å². The fourth-order valence-corrected chi connectivity index (χ4v) is 5.05. The summed E-state index contributed by atoms with van der Waals surface area (Å²) in [5.74, 6) is 3.76. The normalized spacial score (nSPS) is 15.9.